The van der Waals surface area contributed by atoms with Crippen molar-refractivity contribution in [3.63, 3.8) is 0 Å². The van der Waals surface area contributed by atoms with Crippen molar-refractivity contribution in [3.8, 4) is 22.1 Å². The highest BCUT2D eigenvalue weighted by atomic mass is 32.1. The molecule has 7 nitrogen and oxygen atoms in total. The smallest absolute Gasteiger partial charge is 0.250 e. The van der Waals surface area contributed by atoms with Crippen LogP contribution in [-0.2, 0) is 0 Å². The Balaban J connectivity index is 1.55. The fourth-order valence-corrected chi connectivity index (χ4v) is 3.45. The van der Waals surface area contributed by atoms with Gasteiger partial charge in [0.2, 0.25) is 11.0 Å². The van der Waals surface area contributed by atoms with Crippen LogP contribution in [0.15, 0.2) is 67.0 Å². The Hall–Kier alpha value is -3.78. The van der Waals surface area contributed by atoms with E-state index in [1.165, 1.54) is 17.5 Å². The van der Waals surface area contributed by atoms with Crippen LogP contribution >= 0.6 is 11.3 Å². The number of pyridine rings is 2. The van der Waals surface area contributed by atoms with Crippen LogP contribution in [-0.4, -0.2) is 20.9 Å². The summed E-state index contributed by atoms with van der Waals surface area (Å²) in [6.07, 6.45) is 3.06. The molecule has 0 unspecified atom stereocenters. The molecule has 0 radical (unpaired) electrons. The summed E-state index contributed by atoms with van der Waals surface area (Å²) in [6, 6.07) is 16.7. The quantitative estimate of drug-likeness (QED) is 0.490. The van der Waals surface area contributed by atoms with Gasteiger partial charge in [0.15, 0.2) is 0 Å². The largest absolute Gasteiger partial charge is 0.444 e. The van der Waals surface area contributed by atoms with Crippen LogP contribution in [0.3, 0.4) is 0 Å². The van der Waals surface area contributed by atoms with Gasteiger partial charge in [0, 0.05) is 24.0 Å². The SMILES string of the molecule is Cc1nc(-c2ccccc2)c(Oc2ccnc(Nc3ccc(C(N)=O)cn3)c2)s1. The van der Waals surface area contributed by atoms with Crippen LogP contribution in [0.5, 0.6) is 10.8 Å². The van der Waals surface area contributed by atoms with E-state index < -0.39 is 5.91 Å². The van der Waals surface area contributed by atoms with Crippen LogP contribution < -0.4 is 15.8 Å². The molecular formula is C21H17N5O2S. The molecule has 8 heteroatoms. The first-order valence-electron chi connectivity index (χ1n) is 8.78. The number of aryl methyl sites for hydroxylation is 1. The number of nitrogens with one attached hydrogen (secondary N) is 1. The van der Waals surface area contributed by atoms with Crippen LogP contribution in [0.2, 0.25) is 0 Å². The Bertz CT molecular complexity index is 1140. The van der Waals surface area contributed by atoms with E-state index >= 15 is 0 Å². The summed E-state index contributed by atoms with van der Waals surface area (Å²) in [5.74, 6) is 1.20. The standard InChI is InChI=1S/C21H17N5O2S/c1-13-25-19(14-5-3-2-4-6-14)21(29-13)28-16-9-10-23-18(11-16)26-17-8-7-15(12-24-17)20(22)27/h2-12H,1H3,(H2,22,27)(H,23,24,26). The van der Waals surface area contributed by atoms with Gasteiger partial charge in [0.25, 0.3) is 0 Å². The first-order chi connectivity index (χ1) is 14.1. The minimum Gasteiger partial charge on any atom is -0.444 e. The second kappa shape index (κ2) is 8.07. The number of anilines is 2. The maximum absolute atomic E-state index is 11.1. The van der Waals surface area contributed by atoms with Gasteiger partial charge in [-0.3, -0.25) is 4.79 Å². The van der Waals surface area contributed by atoms with Gasteiger partial charge in [-0.1, -0.05) is 41.7 Å². The molecule has 0 saturated heterocycles. The molecule has 0 bridgehead atoms. The minimum atomic E-state index is -0.522. The van der Waals surface area contributed by atoms with Crippen molar-refractivity contribution in [2.24, 2.45) is 5.73 Å². The summed E-state index contributed by atoms with van der Waals surface area (Å²) in [5, 5.41) is 4.72. The number of primary amides is 1. The summed E-state index contributed by atoms with van der Waals surface area (Å²) in [4.78, 5) is 24.2. The zero-order valence-electron chi connectivity index (χ0n) is 15.5. The average Bonchev–Trinajstić information content (AvgIpc) is 3.09. The summed E-state index contributed by atoms with van der Waals surface area (Å²) < 4.78 is 6.11. The number of hydrogen-bond donors (Lipinski definition) is 2. The van der Waals surface area contributed by atoms with Crippen molar-refractivity contribution >= 4 is 28.9 Å². The van der Waals surface area contributed by atoms with Crippen molar-refractivity contribution in [1.82, 2.24) is 15.0 Å². The molecule has 0 aliphatic heterocycles. The van der Waals surface area contributed by atoms with E-state index in [4.69, 9.17) is 10.5 Å². The number of hydrogen-bond acceptors (Lipinski definition) is 7. The molecule has 0 saturated carbocycles. The highest BCUT2D eigenvalue weighted by molar-refractivity contribution is 7.13. The molecule has 0 aliphatic carbocycles. The first-order valence-corrected chi connectivity index (χ1v) is 9.60. The lowest BCUT2D eigenvalue weighted by atomic mass is 10.2. The summed E-state index contributed by atoms with van der Waals surface area (Å²) >= 11 is 1.49. The number of benzene rings is 1. The number of thiazole rings is 1. The van der Waals surface area contributed by atoms with Gasteiger partial charge in [-0.25, -0.2) is 15.0 Å². The lowest BCUT2D eigenvalue weighted by Gasteiger charge is -2.08. The van der Waals surface area contributed by atoms with Gasteiger partial charge in [-0.15, -0.1) is 0 Å². The number of aromatic nitrogens is 3. The Morgan fingerprint density at radius 1 is 1.07 bits per heavy atom. The van der Waals surface area contributed by atoms with E-state index in [9.17, 15) is 4.79 Å². The van der Waals surface area contributed by atoms with E-state index in [1.54, 1.807) is 30.5 Å². The zero-order chi connectivity index (χ0) is 20.2. The molecule has 3 aromatic heterocycles. The Morgan fingerprint density at radius 3 is 2.62 bits per heavy atom. The Kier molecular flexibility index (Phi) is 5.17. The molecule has 3 heterocycles. The molecule has 0 fully saturated rings. The van der Waals surface area contributed by atoms with Crippen molar-refractivity contribution in [1.29, 1.82) is 0 Å². The fraction of sp³-hybridized carbons (Fsp3) is 0.0476. The lowest BCUT2D eigenvalue weighted by molar-refractivity contribution is 0.1000. The highest BCUT2D eigenvalue weighted by Gasteiger charge is 2.14. The normalized spacial score (nSPS) is 10.5. The van der Waals surface area contributed by atoms with Gasteiger partial charge in [0.05, 0.1) is 10.6 Å². The van der Waals surface area contributed by atoms with Crippen molar-refractivity contribution in [2.45, 2.75) is 6.92 Å². The molecule has 1 aromatic carbocycles. The van der Waals surface area contributed by atoms with E-state index in [0.29, 0.717) is 22.9 Å². The van der Waals surface area contributed by atoms with Crippen LogP contribution in [0.1, 0.15) is 15.4 Å². The molecule has 1 amide bonds. The molecule has 3 N–H and O–H groups in total. The molecule has 29 heavy (non-hydrogen) atoms. The fourth-order valence-electron chi connectivity index (χ4n) is 2.65. The van der Waals surface area contributed by atoms with Crippen molar-refractivity contribution in [3.05, 3.63) is 77.6 Å². The van der Waals surface area contributed by atoms with Crippen LogP contribution in [0.4, 0.5) is 11.6 Å². The number of carbonyl (C=O) groups excluding carboxylic acids is 1. The molecule has 144 valence electrons. The first kappa shape index (κ1) is 18.6. The zero-order valence-corrected chi connectivity index (χ0v) is 16.3. The molecule has 4 rings (SSSR count). The Morgan fingerprint density at radius 2 is 1.90 bits per heavy atom. The summed E-state index contributed by atoms with van der Waals surface area (Å²) in [6.45, 7) is 1.95. The third-order valence-corrected chi connectivity index (χ3v) is 4.85. The van der Waals surface area contributed by atoms with Gasteiger partial charge in [-0.05, 0) is 25.1 Å². The molecular weight excluding hydrogens is 386 g/mol. The molecule has 0 aliphatic rings. The average molecular weight is 403 g/mol. The predicted octanol–water partition coefficient (Wildman–Crippen LogP) is 4.54. The highest BCUT2D eigenvalue weighted by Crippen LogP contribution is 2.38. The van der Waals surface area contributed by atoms with Gasteiger partial charge in [0.1, 0.15) is 23.1 Å². The van der Waals surface area contributed by atoms with Crippen molar-refractivity contribution < 1.29 is 9.53 Å². The third-order valence-electron chi connectivity index (χ3n) is 4.00. The number of nitrogens with two attached hydrogens (primary N) is 1. The number of ether oxygens (including phenoxy) is 1. The number of carbonyl (C=O) groups is 1. The van der Waals surface area contributed by atoms with Gasteiger partial charge in [-0.2, -0.15) is 0 Å². The topological polar surface area (TPSA) is 103 Å². The number of amides is 1. The number of rotatable bonds is 6. The Labute approximate surface area is 171 Å². The lowest BCUT2D eigenvalue weighted by Crippen LogP contribution is -2.11. The summed E-state index contributed by atoms with van der Waals surface area (Å²) in [7, 11) is 0. The van der Waals surface area contributed by atoms with E-state index in [-0.39, 0.29) is 0 Å². The molecule has 0 spiro atoms. The van der Waals surface area contributed by atoms with Crippen LogP contribution in [0, 0.1) is 6.92 Å². The van der Waals surface area contributed by atoms with E-state index in [1.807, 2.05) is 37.3 Å². The van der Waals surface area contributed by atoms with E-state index in [2.05, 4.69) is 20.3 Å². The number of nitrogens with zero attached hydrogens (tertiary/aromatic N) is 3. The minimum absolute atomic E-state index is 0.342. The monoisotopic (exact) mass is 403 g/mol. The van der Waals surface area contributed by atoms with E-state index in [0.717, 1.165) is 21.3 Å². The van der Waals surface area contributed by atoms with Gasteiger partial charge < -0.3 is 15.8 Å². The van der Waals surface area contributed by atoms with Gasteiger partial charge >= 0.3 is 0 Å². The predicted molar refractivity (Wildman–Crippen MR) is 113 cm³/mol. The second-order valence-corrected chi connectivity index (χ2v) is 7.30. The van der Waals surface area contributed by atoms with Crippen molar-refractivity contribution in [2.75, 3.05) is 5.32 Å². The molecule has 0 atom stereocenters. The maximum atomic E-state index is 11.1. The van der Waals surface area contributed by atoms with Crippen LogP contribution in [0.25, 0.3) is 11.3 Å². The maximum Gasteiger partial charge on any atom is 0.250 e. The third kappa shape index (κ3) is 4.39. The second-order valence-electron chi connectivity index (χ2n) is 6.14. The summed E-state index contributed by atoms with van der Waals surface area (Å²) in [5.41, 5.74) is 7.38. The molecule has 4 aromatic rings.